The number of methoxy groups -OCH3 is 2. The number of benzene rings is 2. The van der Waals surface area contributed by atoms with Crippen LogP contribution < -0.4 is 0 Å². The van der Waals surface area contributed by atoms with Crippen molar-refractivity contribution in [3.63, 3.8) is 0 Å². The summed E-state index contributed by atoms with van der Waals surface area (Å²) in [4.78, 5) is 0. The lowest BCUT2D eigenvalue weighted by atomic mass is 9.85. The van der Waals surface area contributed by atoms with E-state index in [-0.39, 0.29) is 18.1 Å². The fourth-order valence-corrected chi connectivity index (χ4v) is 2.65. The molecule has 0 radical (unpaired) electrons. The van der Waals surface area contributed by atoms with Crippen LogP contribution in [0.15, 0.2) is 60.7 Å². The summed E-state index contributed by atoms with van der Waals surface area (Å²) in [5.74, 6) is 0.161. The SMILES string of the molecule is CO[C@@H](C)[C@H](c1ccccc1)[C@H](OC)c1ccccc1. The maximum Gasteiger partial charge on any atom is 0.0914 e. The Kier molecular flexibility index (Phi) is 5.33. The molecule has 106 valence electrons. The molecule has 0 bridgehead atoms. The van der Waals surface area contributed by atoms with Gasteiger partial charge in [-0.25, -0.2) is 0 Å². The second kappa shape index (κ2) is 7.22. The summed E-state index contributed by atoms with van der Waals surface area (Å²) in [5, 5.41) is 0. The molecule has 0 amide bonds. The molecule has 0 unspecified atom stereocenters. The lowest BCUT2D eigenvalue weighted by Crippen LogP contribution is -2.25. The molecule has 0 saturated carbocycles. The zero-order valence-electron chi connectivity index (χ0n) is 12.3. The highest BCUT2D eigenvalue weighted by atomic mass is 16.5. The Labute approximate surface area is 121 Å². The highest BCUT2D eigenvalue weighted by molar-refractivity contribution is 5.28. The van der Waals surface area contributed by atoms with Crippen molar-refractivity contribution >= 4 is 0 Å². The van der Waals surface area contributed by atoms with E-state index in [4.69, 9.17) is 9.47 Å². The molecular formula is C18H22O2. The smallest absolute Gasteiger partial charge is 0.0914 e. The van der Waals surface area contributed by atoms with Crippen molar-refractivity contribution < 1.29 is 9.47 Å². The Balaban J connectivity index is 2.39. The predicted molar refractivity (Wildman–Crippen MR) is 81.8 cm³/mol. The molecular weight excluding hydrogens is 248 g/mol. The van der Waals surface area contributed by atoms with Crippen LogP contribution in [-0.4, -0.2) is 20.3 Å². The van der Waals surface area contributed by atoms with E-state index < -0.39 is 0 Å². The van der Waals surface area contributed by atoms with Gasteiger partial charge < -0.3 is 9.47 Å². The van der Waals surface area contributed by atoms with Crippen LogP contribution in [0.5, 0.6) is 0 Å². The van der Waals surface area contributed by atoms with E-state index in [1.165, 1.54) is 11.1 Å². The number of hydrogen-bond acceptors (Lipinski definition) is 2. The topological polar surface area (TPSA) is 18.5 Å². The zero-order valence-corrected chi connectivity index (χ0v) is 12.3. The molecule has 0 aliphatic rings. The Morgan fingerprint density at radius 3 is 1.65 bits per heavy atom. The third-order valence-corrected chi connectivity index (χ3v) is 3.77. The van der Waals surface area contributed by atoms with Crippen molar-refractivity contribution in [2.75, 3.05) is 14.2 Å². The average molecular weight is 270 g/mol. The minimum absolute atomic E-state index is 0.0199. The fraction of sp³-hybridized carbons (Fsp3) is 0.333. The lowest BCUT2D eigenvalue weighted by molar-refractivity contribution is 0.00673. The van der Waals surface area contributed by atoms with Gasteiger partial charge in [0.1, 0.15) is 0 Å². The first-order valence-electron chi connectivity index (χ1n) is 6.93. The van der Waals surface area contributed by atoms with Gasteiger partial charge in [0.25, 0.3) is 0 Å². The molecule has 0 saturated heterocycles. The third kappa shape index (κ3) is 3.27. The first-order chi connectivity index (χ1) is 9.77. The van der Waals surface area contributed by atoms with Crippen molar-refractivity contribution in [3.05, 3.63) is 71.8 Å². The monoisotopic (exact) mass is 270 g/mol. The van der Waals surface area contributed by atoms with Crippen LogP contribution in [0.4, 0.5) is 0 Å². The Hall–Kier alpha value is -1.64. The second-order valence-corrected chi connectivity index (χ2v) is 4.94. The van der Waals surface area contributed by atoms with Gasteiger partial charge in [0.15, 0.2) is 0 Å². The van der Waals surface area contributed by atoms with Gasteiger partial charge in [-0.3, -0.25) is 0 Å². The van der Waals surface area contributed by atoms with E-state index in [2.05, 4.69) is 43.3 Å². The van der Waals surface area contributed by atoms with Gasteiger partial charge in [0, 0.05) is 20.1 Å². The van der Waals surface area contributed by atoms with Gasteiger partial charge in [0.05, 0.1) is 12.2 Å². The summed E-state index contributed by atoms with van der Waals surface area (Å²) in [6.07, 6.45) is 0.0520. The summed E-state index contributed by atoms with van der Waals surface area (Å²) in [6.45, 7) is 2.09. The van der Waals surface area contributed by atoms with Gasteiger partial charge in [-0.05, 0) is 18.1 Å². The molecule has 2 heteroatoms. The minimum atomic E-state index is -0.0199. The van der Waals surface area contributed by atoms with Gasteiger partial charge in [-0.2, -0.15) is 0 Å². The normalized spacial score (nSPS) is 15.6. The highest BCUT2D eigenvalue weighted by Gasteiger charge is 2.29. The number of hydrogen-bond donors (Lipinski definition) is 0. The fourth-order valence-electron chi connectivity index (χ4n) is 2.65. The van der Waals surface area contributed by atoms with Gasteiger partial charge in [0.2, 0.25) is 0 Å². The van der Waals surface area contributed by atoms with E-state index in [9.17, 15) is 0 Å². The largest absolute Gasteiger partial charge is 0.381 e. The quantitative estimate of drug-likeness (QED) is 0.783. The Bertz CT molecular complexity index is 495. The van der Waals surface area contributed by atoms with E-state index in [0.717, 1.165) is 0 Å². The molecule has 0 spiro atoms. The van der Waals surface area contributed by atoms with Crippen LogP contribution in [0.1, 0.15) is 30.1 Å². The van der Waals surface area contributed by atoms with Crippen molar-refractivity contribution in [1.82, 2.24) is 0 Å². The highest BCUT2D eigenvalue weighted by Crippen LogP contribution is 2.37. The van der Waals surface area contributed by atoms with Gasteiger partial charge >= 0.3 is 0 Å². The van der Waals surface area contributed by atoms with E-state index in [1.54, 1.807) is 14.2 Å². The summed E-state index contributed by atoms with van der Waals surface area (Å²) in [5.41, 5.74) is 2.41. The van der Waals surface area contributed by atoms with E-state index in [1.807, 2.05) is 24.3 Å². The van der Waals surface area contributed by atoms with Gasteiger partial charge in [-0.15, -0.1) is 0 Å². The first kappa shape index (κ1) is 14.8. The van der Waals surface area contributed by atoms with E-state index >= 15 is 0 Å². The molecule has 2 rings (SSSR count). The van der Waals surface area contributed by atoms with Crippen LogP contribution in [0.2, 0.25) is 0 Å². The van der Waals surface area contributed by atoms with Gasteiger partial charge in [-0.1, -0.05) is 60.7 Å². The van der Waals surface area contributed by atoms with Crippen LogP contribution in [-0.2, 0) is 9.47 Å². The average Bonchev–Trinajstić information content (AvgIpc) is 2.53. The lowest BCUT2D eigenvalue weighted by Gasteiger charge is -2.31. The maximum atomic E-state index is 5.80. The van der Waals surface area contributed by atoms with Crippen molar-refractivity contribution in [2.24, 2.45) is 0 Å². The van der Waals surface area contributed by atoms with Crippen LogP contribution in [0, 0.1) is 0 Å². The molecule has 20 heavy (non-hydrogen) atoms. The standard InChI is InChI=1S/C18H22O2/c1-14(19-2)17(15-10-6-4-7-11-15)18(20-3)16-12-8-5-9-13-16/h4-14,17-18H,1-3H3/t14-,17+,18+/m0/s1. The predicted octanol–water partition coefficient (Wildman–Crippen LogP) is 4.19. The minimum Gasteiger partial charge on any atom is -0.381 e. The third-order valence-electron chi connectivity index (χ3n) is 3.77. The molecule has 0 aromatic heterocycles. The van der Waals surface area contributed by atoms with E-state index in [0.29, 0.717) is 0 Å². The maximum absolute atomic E-state index is 5.80. The van der Waals surface area contributed by atoms with Crippen LogP contribution in [0.3, 0.4) is 0 Å². The Morgan fingerprint density at radius 2 is 1.20 bits per heavy atom. The number of ether oxygens (including phenoxy) is 2. The molecule has 3 atom stereocenters. The molecule has 0 heterocycles. The Morgan fingerprint density at radius 1 is 0.700 bits per heavy atom. The summed E-state index contributed by atoms with van der Waals surface area (Å²) in [7, 11) is 3.51. The molecule has 0 aliphatic heterocycles. The van der Waals surface area contributed by atoms with Crippen molar-refractivity contribution in [1.29, 1.82) is 0 Å². The van der Waals surface area contributed by atoms with Crippen LogP contribution >= 0.6 is 0 Å². The molecule has 2 aromatic carbocycles. The first-order valence-corrected chi connectivity index (χ1v) is 6.93. The van der Waals surface area contributed by atoms with Crippen molar-refractivity contribution in [3.8, 4) is 0 Å². The van der Waals surface area contributed by atoms with Crippen LogP contribution in [0.25, 0.3) is 0 Å². The summed E-state index contributed by atoms with van der Waals surface area (Å²) in [6, 6.07) is 20.7. The summed E-state index contributed by atoms with van der Waals surface area (Å²) < 4.78 is 11.4. The summed E-state index contributed by atoms with van der Waals surface area (Å²) >= 11 is 0. The molecule has 2 nitrogen and oxygen atoms in total. The molecule has 0 aliphatic carbocycles. The second-order valence-electron chi connectivity index (χ2n) is 4.94. The molecule has 2 aromatic rings. The zero-order chi connectivity index (χ0) is 14.4. The number of rotatable bonds is 6. The van der Waals surface area contributed by atoms with Crippen molar-refractivity contribution in [2.45, 2.75) is 25.0 Å². The molecule has 0 N–H and O–H groups in total. The molecule has 0 fully saturated rings.